The molecule has 1 atom stereocenters. The number of aryl methyl sites for hydroxylation is 1. The highest BCUT2D eigenvalue weighted by atomic mass is 35.5. The molecule has 0 aliphatic heterocycles. The quantitative estimate of drug-likeness (QED) is 0.259. The van der Waals surface area contributed by atoms with Crippen LogP contribution in [-0.2, 0) is 11.8 Å². The molecular formula is C20H19Cl2N5O4S. The molecule has 12 heteroatoms. The number of aromatic nitrogens is 3. The molecule has 0 aliphatic rings. The number of nitro benzene ring substituents is 1. The maximum absolute atomic E-state index is 12.3. The van der Waals surface area contributed by atoms with Gasteiger partial charge in [-0.15, -0.1) is 10.2 Å². The Morgan fingerprint density at radius 3 is 2.72 bits per heavy atom. The van der Waals surface area contributed by atoms with Crippen molar-refractivity contribution in [1.82, 2.24) is 14.8 Å². The molecule has 168 valence electrons. The van der Waals surface area contributed by atoms with Gasteiger partial charge in [-0.05, 0) is 43.7 Å². The number of benzene rings is 2. The summed E-state index contributed by atoms with van der Waals surface area (Å²) in [7, 11) is 1.78. The minimum Gasteiger partial charge on any atom is -0.482 e. The molecule has 32 heavy (non-hydrogen) atoms. The summed E-state index contributed by atoms with van der Waals surface area (Å²) in [5.74, 6) is 0.899. The fourth-order valence-electron chi connectivity index (χ4n) is 2.83. The second kappa shape index (κ2) is 10.2. The number of ether oxygens (including phenoxy) is 1. The van der Waals surface area contributed by atoms with Gasteiger partial charge in [0.2, 0.25) is 5.91 Å². The zero-order valence-corrected chi connectivity index (χ0v) is 19.7. The van der Waals surface area contributed by atoms with E-state index in [1.54, 1.807) is 23.7 Å². The van der Waals surface area contributed by atoms with Gasteiger partial charge < -0.3 is 14.6 Å². The Kier molecular flexibility index (Phi) is 7.60. The third kappa shape index (κ3) is 5.70. The average Bonchev–Trinajstić information content (AvgIpc) is 3.10. The third-order valence-electron chi connectivity index (χ3n) is 4.44. The molecule has 1 aromatic heterocycles. The number of hydrogen-bond acceptors (Lipinski definition) is 7. The molecule has 1 amide bonds. The Bertz CT molecular complexity index is 1170. The fraction of sp³-hybridized carbons (Fsp3) is 0.250. The van der Waals surface area contributed by atoms with Gasteiger partial charge in [0.05, 0.1) is 21.4 Å². The maximum Gasteiger partial charge on any atom is 0.271 e. The van der Waals surface area contributed by atoms with Gasteiger partial charge in [-0.1, -0.05) is 35.0 Å². The Balaban J connectivity index is 1.62. The number of carbonyl (C=O) groups excluding carboxylic acids is 1. The van der Waals surface area contributed by atoms with Gasteiger partial charge >= 0.3 is 0 Å². The van der Waals surface area contributed by atoms with Crippen molar-refractivity contribution in [1.29, 1.82) is 0 Å². The Labute approximate surface area is 198 Å². The van der Waals surface area contributed by atoms with Gasteiger partial charge in [0.1, 0.15) is 5.75 Å². The number of hydrogen-bond donors (Lipinski definition) is 1. The molecule has 0 aliphatic carbocycles. The molecule has 0 spiro atoms. The summed E-state index contributed by atoms with van der Waals surface area (Å²) in [6.45, 7) is 3.75. The maximum atomic E-state index is 12.3. The number of non-ortho nitro benzene ring substituents is 1. The predicted octanol–water partition coefficient (Wildman–Crippen LogP) is 5.21. The highest BCUT2D eigenvalue weighted by Crippen LogP contribution is 2.29. The molecular weight excluding hydrogens is 477 g/mol. The molecule has 2 aromatic carbocycles. The third-order valence-corrected chi connectivity index (χ3v) is 6.03. The van der Waals surface area contributed by atoms with Gasteiger partial charge in [0.15, 0.2) is 17.1 Å². The summed E-state index contributed by atoms with van der Waals surface area (Å²) in [6, 6.07) is 9.20. The summed E-state index contributed by atoms with van der Waals surface area (Å²) < 4.78 is 7.73. The van der Waals surface area contributed by atoms with Crippen molar-refractivity contribution in [2.24, 2.45) is 7.05 Å². The monoisotopic (exact) mass is 495 g/mol. The van der Waals surface area contributed by atoms with E-state index in [0.717, 1.165) is 5.56 Å². The summed E-state index contributed by atoms with van der Waals surface area (Å²) in [5.41, 5.74) is 0.906. The largest absolute Gasteiger partial charge is 0.482 e. The summed E-state index contributed by atoms with van der Waals surface area (Å²) in [5, 5.41) is 23.2. The van der Waals surface area contributed by atoms with Gasteiger partial charge in [-0.3, -0.25) is 14.9 Å². The van der Waals surface area contributed by atoms with Crippen LogP contribution in [0.2, 0.25) is 10.0 Å². The molecule has 3 aromatic rings. The number of nitrogens with one attached hydrogen (secondary N) is 1. The fourth-order valence-corrected chi connectivity index (χ4v) is 3.94. The molecule has 1 N–H and O–H groups in total. The molecule has 0 saturated carbocycles. The van der Waals surface area contributed by atoms with Gasteiger partial charge in [-0.25, -0.2) is 0 Å². The van der Waals surface area contributed by atoms with E-state index >= 15 is 0 Å². The predicted molar refractivity (Wildman–Crippen MR) is 124 cm³/mol. The lowest BCUT2D eigenvalue weighted by atomic mass is 10.2. The average molecular weight is 496 g/mol. The molecule has 0 bridgehead atoms. The minimum absolute atomic E-state index is 0.0104. The topological polar surface area (TPSA) is 112 Å². The lowest BCUT2D eigenvalue weighted by molar-refractivity contribution is -0.384. The molecule has 0 fully saturated rings. The van der Waals surface area contributed by atoms with Crippen LogP contribution in [-0.4, -0.2) is 31.3 Å². The van der Waals surface area contributed by atoms with Crippen LogP contribution in [0.5, 0.6) is 5.75 Å². The number of nitrogens with zero attached hydrogens (tertiary/aromatic N) is 4. The summed E-state index contributed by atoms with van der Waals surface area (Å²) in [4.78, 5) is 22.7. The standard InChI is InChI=1S/C20H19Cl2N5O4S/c1-11-8-13(21)4-7-17(11)31-12(2)19-24-25-20(26(19)3)32-10-18(28)23-16-9-14(27(29)30)5-6-15(16)22/h4-9,12H,10H2,1-3H3,(H,23,28). The first-order valence-corrected chi connectivity index (χ1v) is 11.1. The van der Waals surface area contributed by atoms with Crippen LogP contribution in [0.1, 0.15) is 24.4 Å². The number of amides is 1. The van der Waals surface area contributed by atoms with E-state index in [-0.39, 0.29) is 34.2 Å². The first-order valence-electron chi connectivity index (χ1n) is 9.34. The van der Waals surface area contributed by atoms with Crippen LogP contribution in [0.15, 0.2) is 41.6 Å². The smallest absolute Gasteiger partial charge is 0.271 e. The first kappa shape index (κ1) is 23.8. The SMILES string of the molecule is Cc1cc(Cl)ccc1OC(C)c1nnc(SCC(=O)Nc2cc([N+](=O)[O-])ccc2Cl)n1C. The molecule has 1 heterocycles. The van der Waals surface area contributed by atoms with E-state index in [4.69, 9.17) is 27.9 Å². The van der Waals surface area contributed by atoms with Crippen LogP contribution < -0.4 is 10.1 Å². The van der Waals surface area contributed by atoms with Crippen LogP contribution in [0, 0.1) is 17.0 Å². The molecule has 0 radical (unpaired) electrons. The van der Waals surface area contributed by atoms with Gasteiger partial charge in [0.25, 0.3) is 5.69 Å². The molecule has 9 nitrogen and oxygen atoms in total. The Morgan fingerprint density at radius 2 is 2.03 bits per heavy atom. The lowest BCUT2D eigenvalue weighted by Crippen LogP contribution is -2.15. The van der Waals surface area contributed by atoms with Crippen LogP contribution in [0.25, 0.3) is 0 Å². The summed E-state index contributed by atoms with van der Waals surface area (Å²) in [6.07, 6.45) is -0.390. The molecule has 3 rings (SSSR count). The van der Waals surface area contributed by atoms with Gasteiger partial charge in [-0.2, -0.15) is 0 Å². The van der Waals surface area contributed by atoms with Crippen LogP contribution >= 0.6 is 35.0 Å². The highest BCUT2D eigenvalue weighted by molar-refractivity contribution is 7.99. The minimum atomic E-state index is -0.559. The number of rotatable bonds is 8. The molecule has 0 saturated heterocycles. The first-order chi connectivity index (χ1) is 15.2. The van der Waals surface area contributed by atoms with E-state index < -0.39 is 4.92 Å². The number of halogens is 2. The normalized spacial score (nSPS) is 11.8. The van der Waals surface area contributed by atoms with Crippen molar-refractivity contribution in [3.05, 3.63) is 67.9 Å². The molecule has 1 unspecified atom stereocenters. The number of anilines is 1. The van der Waals surface area contributed by atoms with Crippen molar-refractivity contribution in [2.45, 2.75) is 25.1 Å². The van der Waals surface area contributed by atoms with Crippen molar-refractivity contribution in [3.63, 3.8) is 0 Å². The van der Waals surface area contributed by atoms with Gasteiger partial charge in [0, 0.05) is 24.2 Å². The van der Waals surface area contributed by atoms with Crippen molar-refractivity contribution < 1.29 is 14.5 Å². The number of nitro groups is 1. The van der Waals surface area contributed by atoms with E-state index in [1.807, 2.05) is 19.9 Å². The highest BCUT2D eigenvalue weighted by Gasteiger charge is 2.19. The van der Waals surface area contributed by atoms with E-state index in [0.29, 0.717) is 21.8 Å². The zero-order valence-electron chi connectivity index (χ0n) is 17.3. The van der Waals surface area contributed by atoms with E-state index in [9.17, 15) is 14.9 Å². The number of carbonyl (C=O) groups is 1. The number of thioether (sulfide) groups is 1. The second-order valence-electron chi connectivity index (χ2n) is 6.83. The van der Waals surface area contributed by atoms with Crippen LogP contribution in [0.3, 0.4) is 0 Å². The Morgan fingerprint density at radius 1 is 1.28 bits per heavy atom. The van der Waals surface area contributed by atoms with Crippen molar-refractivity contribution in [3.8, 4) is 5.75 Å². The lowest BCUT2D eigenvalue weighted by Gasteiger charge is -2.16. The van der Waals surface area contributed by atoms with E-state index in [1.165, 1.54) is 30.0 Å². The zero-order chi connectivity index (χ0) is 23.4. The summed E-state index contributed by atoms with van der Waals surface area (Å²) >= 11 is 13.2. The van der Waals surface area contributed by atoms with Crippen molar-refractivity contribution in [2.75, 3.05) is 11.1 Å². The van der Waals surface area contributed by atoms with Crippen molar-refractivity contribution >= 4 is 52.2 Å². The van der Waals surface area contributed by atoms with Crippen LogP contribution in [0.4, 0.5) is 11.4 Å². The van der Waals surface area contributed by atoms with E-state index in [2.05, 4.69) is 15.5 Å². The second-order valence-corrected chi connectivity index (χ2v) is 8.61. The Hall–Kier alpha value is -2.82.